The maximum atomic E-state index is 12.9. The third kappa shape index (κ3) is 2.78. The van der Waals surface area contributed by atoms with Gasteiger partial charge in [-0.15, -0.1) is 17.8 Å². The number of rotatable bonds is 4. The third-order valence-electron chi connectivity index (χ3n) is 4.33. The molecule has 1 aromatic heterocycles. The highest BCUT2D eigenvalue weighted by Crippen LogP contribution is 2.39. The number of carbonyl (C=O) groups is 1. The first-order valence-corrected chi connectivity index (χ1v) is 8.52. The summed E-state index contributed by atoms with van der Waals surface area (Å²) in [5, 5.41) is 13.1. The molecule has 0 bridgehead atoms. The molecule has 0 aliphatic heterocycles. The molecular formula is C19H18O3S. The minimum Gasteiger partial charge on any atom is -0.443 e. The van der Waals surface area contributed by atoms with Crippen molar-refractivity contribution in [2.75, 3.05) is 0 Å². The Morgan fingerprint density at radius 1 is 1.22 bits per heavy atom. The molecule has 0 spiro atoms. The van der Waals surface area contributed by atoms with Crippen LogP contribution < -0.4 is 0 Å². The Hall–Kier alpha value is -2.09. The zero-order chi connectivity index (χ0) is 16.3. The van der Waals surface area contributed by atoms with E-state index in [-0.39, 0.29) is 0 Å². The summed E-state index contributed by atoms with van der Waals surface area (Å²) >= 11 is 1.31. The molecule has 1 aliphatic rings. The van der Waals surface area contributed by atoms with Crippen molar-refractivity contribution in [3.05, 3.63) is 58.3 Å². The van der Waals surface area contributed by atoms with Crippen molar-refractivity contribution in [1.82, 2.24) is 0 Å². The number of aliphatic hydroxyl groups is 1. The fourth-order valence-electron chi connectivity index (χ4n) is 3.00. The Bertz CT molecular complexity index is 709. The number of esters is 1. The molecule has 0 amide bonds. The fourth-order valence-corrected chi connectivity index (χ4v) is 3.83. The fraction of sp³-hybridized carbons (Fsp3) is 0.316. The van der Waals surface area contributed by atoms with Gasteiger partial charge in [-0.2, -0.15) is 0 Å². The summed E-state index contributed by atoms with van der Waals surface area (Å²) in [7, 11) is 0. The van der Waals surface area contributed by atoms with Gasteiger partial charge >= 0.3 is 5.97 Å². The van der Waals surface area contributed by atoms with Gasteiger partial charge in [0.1, 0.15) is 0 Å². The Morgan fingerprint density at radius 2 is 1.91 bits per heavy atom. The van der Waals surface area contributed by atoms with Gasteiger partial charge in [0.2, 0.25) is 5.60 Å². The molecule has 1 saturated carbocycles. The average Bonchev–Trinajstić information content (AvgIpc) is 3.27. The number of carbonyl (C=O) groups excluding carboxylic acids is 1. The first-order valence-electron chi connectivity index (χ1n) is 7.64. The minimum absolute atomic E-state index is 0.484. The monoisotopic (exact) mass is 326 g/mol. The zero-order valence-electron chi connectivity index (χ0n) is 12.7. The topological polar surface area (TPSA) is 46.5 Å². The van der Waals surface area contributed by atoms with Gasteiger partial charge < -0.3 is 9.84 Å². The van der Waals surface area contributed by atoms with E-state index in [0.29, 0.717) is 23.3 Å². The van der Waals surface area contributed by atoms with E-state index in [1.165, 1.54) is 11.3 Å². The predicted octanol–water partition coefficient (Wildman–Crippen LogP) is 3.47. The van der Waals surface area contributed by atoms with E-state index in [0.717, 1.165) is 12.8 Å². The lowest BCUT2D eigenvalue weighted by Gasteiger charge is -2.31. The van der Waals surface area contributed by atoms with Crippen molar-refractivity contribution < 1.29 is 14.6 Å². The van der Waals surface area contributed by atoms with Crippen LogP contribution in [0.2, 0.25) is 0 Å². The first kappa shape index (κ1) is 15.8. The van der Waals surface area contributed by atoms with E-state index >= 15 is 0 Å². The van der Waals surface area contributed by atoms with Crippen molar-refractivity contribution in [3.63, 3.8) is 0 Å². The molecule has 0 saturated heterocycles. The molecule has 1 unspecified atom stereocenters. The Kier molecular flexibility index (Phi) is 4.25. The number of hydrogen-bond acceptors (Lipinski definition) is 4. The SMILES string of the molecule is C#CC1(OC(=O)C(O)(c2ccccc2)c2cccs2)CCCC1. The van der Waals surface area contributed by atoms with E-state index in [1.807, 2.05) is 11.4 Å². The van der Waals surface area contributed by atoms with Crippen LogP contribution in [0.15, 0.2) is 47.8 Å². The summed E-state index contributed by atoms with van der Waals surface area (Å²) in [5.74, 6) is 1.92. The van der Waals surface area contributed by atoms with E-state index in [1.54, 1.807) is 36.4 Å². The smallest absolute Gasteiger partial charge is 0.350 e. The van der Waals surface area contributed by atoms with Crippen LogP contribution in [0.5, 0.6) is 0 Å². The molecule has 0 radical (unpaired) electrons. The quantitative estimate of drug-likeness (QED) is 0.691. The molecule has 2 aromatic rings. The summed E-state index contributed by atoms with van der Waals surface area (Å²) in [6.07, 6.45) is 8.76. The summed E-state index contributed by atoms with van der Waals surface area (Å²) in [5.41, 5.74) is -2.24. The van der Waals surface area contributed by atoms with Crippen LogP contribution in [0.25, 0.3) is 0 Å². The van der Waals surface area contributed by atoms with Gasteiger partial charge in [0.25, 0.3) is 0 Å². The van der Waals surface area contributed by atoms with Crippen molar-refractivity contribution >= 4 is 17.3 Å². The number of terminal acetylenes is 1. The predicted molar refractivity (Wildman–Crippen MR) is 89.9 cm³/mol. The van der Waals surface area contributed by atoms with Gasteiger partial charge in [-0.1, -0.05) is 42.3 Å². The highest BCUT2D eigenvalue weighted by atomic mass is 32.1. The molecule has 23 heavy (non-hydrogen) atoms. The van der Waals surface area contributed by atoms with Crippen LogP contribution >= 0.6 is 11.3 Å². The maximum Gasteiger partial charge on any atom is 0.350 e. The first-order chi connectivity index (χ1) is 11.1. The molecular weight excluding hydrogens is 308 g/mol. The number of thiophene rings is 1. The normalized spacial score (nSPS) is 18.8. The van der Waals surface area contributed by atoms with Crippen LogP contribution in [0.4, 0.5) is 0 Å². The van der Waals surface area contributed by atoms with Gasteiger partial charge in [0.15, 0.2) is 5.60 Å². The molecule has 1 atom stereocenters. The Morgan fingerprint density at radius 3 is 2.48 bits per heavy atom. The average molecular weight is 326 g/mol. The second kappa shape index (κ2) is 6.19. The molecule has 3 rings (SSSR count). The summed E-state index contributed by atoms with van der Waals surface area (Å²) in [4.78, 5) is 13.4. The van der Waals surface area contributed by atoms with Crippen LogP contribution in [-0.2, 0) is 15.1 Å². The number of benzene rings is 1. The van der Waals surface area contributed by atoms with Crippen molar-refractivity contribution in [2.24, 2.45) is 0 Å². The van der Waals surface area contributed by atoms with Crippen LogP contribution in [-0.4, -0.2) is 16.7 Å². The standard InChI is InChI=1S/C19H18O3S/c1-2-18(12-6-7-13-18)22-17(20)19(21,16-11-8-14-23-16)15-9-4-3-5-10-15/h1,3-5,8-11,14,21H,6-7,12-13H2. The third-order valence-corrected chi connectivity index (χ3v) is 5.31. The second-order valence-electron chi connectivity index (χ2n) is 5.79. The maximum absolute atomic E-state index is 12.9. The van der Waals surface area contributed by atoms with E-state index < -0.39 is 17.2 Å². The number of ether oxygens (including phenoxy) is 1. The Balaban J connectivity index is 2.00. The highest BCUT2D eigenvalue weighted by molar-refractivity contribution is 7.10. The van der Waals surface area contributed by atoms with Gasteiger partial charge in [-0.25, -0.2) is 4.79 Å². The molecule has 1 aliphatic carbocycles. The van der Waals surface area contributed by atoms with Gasteiger partial charge in [-0.3, -0.25) is 0 Å². The van der Waals surface area contributed by atoms with E-state index in [4.69, 9.17) is 11.2 Å². The summed E-state index contributed by atoms with van der Waals surface area (Å²) in [6, 6.07) is 12.4. The van der Waals surface area contributed by atoms with Crippen LogP contribution in [0.3, 0.4) is 0 Å². The van der Waals surface area contributed by atoms with E-state index in [9.17, 15) is 9.90 Å². The van der Waals surface area contributed by atoms with Gasteiger partial charge in [0, 0.05) is 5.56 Å². The summed E-state index contributed by atoms with van der Waals surface area (Å²) < 4.78 is 5.67. The molecule has 1 fully saturated rings. The molecule has 1 N–H and O–H groups in total. The van der Waals surface area contributed by atoms with Crippen molar-refractivity contribution in [2.45, 2.75) is 36.9 Å². The largest absolute Gasteiger partial charge is 0.443 e. The number of hydrogen-bond donors (Lipinski definition) is 1. The lowest BCUT2D eigenvalue weighted by molar-refractivity contribution is -0.172. The Labute approximate surface area is 139 Å². The molecule has 1 heterocycles. The second-order valence-corrected chi connectivity index (χ2v) is 6.74. The highest BCUT2D eigenvalue weighted by Gasteiger charge is 2.47. The van der Waals surface area contributed by atoms with Gasteiger partial charge in [-0.05, 0) is 37.1 Å². The van der Waals surface area contributed by atoms with Crippen molar-refractivity contribution in [3.8, 4) is 12.3 Å². The molecule has 118 valence electrons. The molecule has 4 heteroatoms. The molecule has 3 nitrogen and oxygen atoms in total. The summed E-state index contributed by atoms with van der Waals surface area (Å²) in [6.45, 7) is 0. The van der Waals surface area contributed by atoms with Gasteiger partial charge in [0.05, 0.1) is 4.88 Å². The lowest BCUT2D eigenvalue weighted by Crippen LogP contribution is -2.43. The lowest BCUT2D eigenvalue weighted by atomic mass is 9.91. The van der Waals surface area contributed by atoms with E-state index in [2.05, 4.69) is 5.92 Å². The molecule has 1 aromatic carbocycles. The van der Waals surface area contributed by atoms with Crippen LogP contribution in [0, 0.1) is 12.3 Å². The minimum atomic E-state index is -1.83. The van der Waals surface area contributed by atoms with Crippen molar-refractivity contribution in [1.29, 1.82) is 0 Å². The van der Waals surface area contributed by atoms with Crippen LogP contribution in [0.1, 0.15) is 36.1 Å². The zero-order valence-corrected chi connectivity index (χ0v) is 13.5.